The molecule has 0 atom stereocenters. The van der Waals surface area contributed by atoms with E-state index < -0.39 is 0 Å². The molecule has 2 amide bonds. The first-order chi connectivity index (χ1) is 11.6. The quantitative estimate of drug-likeness (QED) is 0.656. The lowest BCUT2D eigenvalue weighted by Gasteiger charge is -2.22. The first-order valence-electron chi connectivity index (χ1n) is 8.24. The van der Waals surface area contributed by atoms with Crippen LogP contribution in [0.3, 0.4) is 0 Å². The maximum atomic E-state index is 12.3. The van der Waals surface area contributed by atoms with Crippen LogP contribution in [0, 0.1) is 0 Å². The van der Waals surface area contributed by atoms with Gasteiger partial charge in [0.15, 0.2) is 0 Å². The fraction of sp³-hybridized carbons (Fsp3) is 0.300. The van der Waals surface area contributed by atoms with Gasteiger partial charge in [0.25, 0.3) is 11.8 Å². The van der Waals surface area contributed by atoms with Crippen LogP contribution < -0.4 is 0 Å². The summed E-state index contributed by atoms with van der Waals surface area (Å²) in [6.07, 6.45) is 3.61. The molecule has 0 saturated heterocycles. The van der Waals surface area contributed by atoms with E-state index in [-0.39, 0.29) is 11.8 Å². The number of hydrogen-bond donors (Lipinski definition) is 0. The molecule has 0 radical (unpaired) electrons. The van der Waals surface area contributed by atoms with Crippen LogP contribution in [-0.2, 0) is 16.1 Å². The lowest BCUT2D eigenvalue weighted by atomic mass is 10.1. The van der Waals surface area contributed by atoms with E-state index in [1.807, 2.05) is 18.2 Å². The Bertz CT molecular complexity index is 631. The summed E-state index contributed by atoms with van der Waals surface area (Å²) in [5.74, 6) is -0.535. The molecule has 0 aromatic heterocycles. The highest BCUT2D eigenvalue weighted by atomic mass is 16.2. The molecule has 1 heterocycles. The minimum absolute atomic E-state index is 0.268. The SMILES string of the molecule is C=CC1=C(C=C)C(=O)N(CCCN(CC)Cc2ccccc2)C1=O. The van der Waals surface area contributed by atoms with Gasteiger partial charge in [0, 0.05) is 19.6 Å². The Morgan fingerprint density at radius 1 is 1.04 bits per heavy atom. The third-order valence-electron chi connectivity index (χ3n) is 4.20. The third-order valence-corrected chi connectivity index (χ3v) is 4.20. The van der Waals surface area contributed by atoms with Crippen molar-refractivity contribution in [2.45, 2.75) is 19.9 Å². The zero-order chi connectivity index (χ0) is 17.5. The van der Waals surface area contributed by atoms with E-state index in [0.29, 0.717) is 17.7 Å². The molecule has 1 aliphatic heterocycles. The van der Waals surface area contributed by atoms with E-state index in [2.05, 4.69) is 37.1 Å². The third kappa shape index (κ3) is 3.89. The molecule has 0 aliphatic carbocycles. The smallest absolute Gasteiger partial charge is 0.261 e. The summed E-state index contributed by atoms with van der Waals surface area (Å²) < 4.78 is 0. The van der Waals surface area contributed by atoms with Gasteiger partial charge in [0.2, 0.25) is 0 Å². The van der Waals surface area contributed by atoms with Gasteiger partial charge in [-0.05, 0) is 18.5 Å². The second-order valence-electron chi connectivity index (χ2n) is 5.71. The number of carbonyl (C=O) groups excluding carboxylic acids is 2. The number of benzene rings is 1. The van der Waals surface area contributed by atoms with Crippen LogP contribution in [0.15, 0.2) is 66.8 Å². The van der Waals surface area contributed by atoms with E-state index in [9.17, 15) is 9.59 Å². The van der Waals surface area contributed by atoms with E-state index >= 15 is 0 Å². The number of amides is 2. The summed E-state index contributed by atoms with van der Waals surface area (Å²) in [7, 11) is 0. The Balaban J connectivity index is 1.89. The topological polar surface area (TPSA) is 40.6 Å². The molecule has 1 aromatic carbocycles. The average Bonchev–Trinajstić information content (AvgIpc) is 2.84. The second-order valence-corrected chi connectivity index (χ2v) is 5.71. The van der Waals surface area contributed by atoms with Gasteiger partial charge in [0.1, 0.15) is 0 Å². The van der Waals surface area contributed by atoms with Crippen LogP contribution in [0.2, 0.25) is 0 Å². The molecule has 0 bridgehead atoms. The molecule has 126 valence electrons. The molecule has 0 unspecified atom stereocenters. The fourth-order valence-corrected chi connectivity index (χ4v) is 2.85. The fourth-order valence-electron chi connectivity index (χ4n) is 2.85. The maximum Gasteiger partial charge on any atom is 0.261 e. The van der Waals surface area contributed by atoms with Crippen molar-refractivity contribution in [1.29, 1.82) is 0 Å². The molecular formula is C20H24N2O2. The zero-order valence-electron chi connectivity index (χ0n) is 14.2. The molecule has 0 fully saturated rings. The average molecular weight is 324 g/mol. The van der Waals surface area contributed by atoms with Crippen LogP contribution in [-0.4, -0.2) is 41.2 Å². The summed E-state index contributed by atoms with van der Waals surface area (Å²) in [5.41, 5.74) is 1.97. The predicted octanol–water partition coefficient (Wildman–Crippen LogP) is 2.94. The summed E-state index contributed by atoms with van der Waals surface area (Å²) in [5, 5.41) is 0. The Hall–Kier alpha value is -2.46. The maximum absolute atomic E-state index is 12.3. The Labute approximate surface area is 143 Å². The highest BCUT2D eigenvalue weighted by Crippen LogP contribution is 2.22. The Morgan fingerprint density at radius 2 is 1.62 bits per heavy atom. The molecule has 2 rings (SSSR count). The normalized spacial score (nSPS) is 14.7. The van der Waals surface area contributed by atoms with Crippen molar-refractivity contribution < 1.29 is 9.59 Å². The first-order valence-corrected chi connectivity index (χ1v) is 8.24. The number of hydrogen-bond acceptors (Lipinski definition) is 3. The standard InChI is InChI=1S/C20H24N2O2/c1-4-17-18(5-2)20(24)22(19(17)23)14-10-13-21(6-3)15-16-11-8-7-9-12-16/h4-5,7-9,11-12H,1-2,6,10,13-15H2,3H3. The number of rotatable bonds is 9. The Morgan fingerprint density at radius 3 is 2.12 bits per heavy atom. The van der Waals surface area contributed by atoms with Crippen LogP contribution in [0.1, 0.15) is 18.9 Å². The largest absolute Gasteiger partial charge is 0.299 e. The molecule has 24 heavy (non-hydrogen) atoms. The van der Waals surface area contributed by atoms with Crippen molar-refractivity contribution in [3.63, 3.8) is 0 Å². The predicted molar refractivity (Wildman–Crippen MR) is 96.2 cm³/mol. The minimum Gasteiger partial charge on any atom is -0.299 e. The van der Waals surface area contributed by atoms with Crippen molar-refractivity contribution in [1.82, 2.24) is 9.80 Å². The first kappa shape index (κ1) is 17.9. The van der Waals surface area contributed by atoms with Gasteiger partial charge in [-0.3, -0.25) is 19.4 Å². The molecule has 0 saturated carbocycles. The van der Waals surface area contributed by atoms with Gasteiger partial charge < -0.3 is 0 Å². The Kier molecular flexibility index (Phi) is 6.27. The molecule has 1 aromatic rings. The van der Waals surface area contributed by atoms with Crippen LogP contribution in [0.25, 0.3) is 0 Å². The zero-order valence-corrected chi connectivity index (χ0v) is 14.2. The van der Waals surface area contributed by atoms with Crippen molar-refractivity contribution >= 4 is 11.8 Å². The van der Waals surface area contributed by atoms with Gasteiger partial charge in [0.05, 0.1) is 11.1 Å². The van der Waals surface area contributed by atoms with Crippen LogP contribution in [0.4, 0.5) is 0 Å². The lowest BCUT2D eigenvalue weighted by molar-refractivity contribution is -0.137. The lowest BCUT2D eigenvalue weighted by Crippen LogP contribution is -2.35. The van der Waals surface area contributed by atoms with E-state index in [1.165, 1.54) is 22.6 Å². The number of nitrogens with zero attached hydrogens (tertiary/aromatic N) is 2. The van der Waals surface area contributed by atoms with Crippen molar-refractivity contribution in [2.75, 3.05) is 19.6 Å². The van der Waals surface area contributed by atoms with E-state index in [4.69, 9.17) is 0 Å². The molecule has 4 nitrogen and oxygen atoms in total. The molecule has 4 heteroatoms. The van der Waals surface area contributed by atoms with Crippen molar-refractivity contribution in [3.05, 3.63) is 72.4 Å². The van der Waals surface area contributed by atoms with Gasteiger partial charge in [-0.1, -0.05) is 62.6 Å². The minimum atomic E-state index is -0.268. The van der Waals surface area contributed by atoms with E-state index in [1.54, 1.807) is 0 Å². The molecule has 0 N–H and O–H groups in total. The molecular weight excluding hydrogens is 300 g/mol. The molecule has 1 aliphatic rings. The van der Waals surface area contributed by atoms with Crippen molar-refractivity contribution in [3.8, 4) is 0 Å². The van der Waals surface area contributed by atoms with Crippen LogP contribution in [0.5, 0.6) is 0 Å². The second kappa shape index (κ2) is 8.41. The summed E-state index contributed by atoms with van der Waals surface area (Å²) in [4.78, 5) is 28.1. The highest BCUT2D eigenvalue weighted by Gasteiger charge is 2.34. The summed E-state index contributed by atoms with van der Waals surface area (Å²) in [6, 6.07) is 10.3. The van der Waals surface area contributed by atoms with Crippen LogP contribution >= 0.6 is 0 Å². The van der Waals surface area contributed by atoms with Gasteiger partial charge in [-0.15, -0.1) is 0 Å². The van der Waals surface area contributed by atoms with Gasteiger partial charge in [-0.2, -0.15) is 0 Å². The highest BCUT2D eigenvalue weighted by molar-refractivity contribution is 6.21. The summed E-state index contributed by atoms with van der Waals surface area (Å²) >= 11 is 0. The number of carbonyl (C=O) groups is 2. The summed E-state index contributed by atoms with van der Waals surface area (Å²) in [6.45, 7) is 12.4. The monoisotopic (exact) mass is 324 g/mol. The van der Waals surface area contributed by atoms with E-state index in [0.717, 1.165) is 26.1 Å². The van der Waals surface area contributed by atoms with Gasteiger partial charge in [-0.25, -0.2) is 0 Å². The van der Waals surface area contributed by atoms with Gasteiger partial charge >= 0.3 is 0 Å². The number of imide groups is 1. The van der Waals surface area contributed by atoms with Crippen molar-refractivity contribution in [2.24, 2.45) is 0 Å². The molecule has 0 spiro atoms.